The van der Waals surface area contributed by atoms with Crippen molar-refractivity contribution in [3.63, 3.8) is 0 Å². The molecular formula is C18H22FN3OS. The number of thiazole rings is 1. The fraction of sp³-hybridized carbons (Fsp3) is 0.444. The molecule has 1 aliphatic heterocycles. The number of aromatic nitrogens is 1. The topological polar surface area (TPSA) is 45.2 Å². The van der Waals surface area contributed by atoms with Crippen molar-refractivity contribution in [1.82, 2.24) is 10.3 Å². The molecule has 1 amide bonds. The molecule has 24 heavy (non-hydrogen) atoms. The van der Waals surface area contributed by atoms with Crippen molar-refractivity contribution in [2.24, 2.45) is 0 Å². The molecule has 0 aliphatic carbocycles. The number of hydrogen-bond acceptors (Lipinski definition) is 4. The molecule has 1 aromatic heterocycles. The van der Waals surface area contributed by atoms with Gasteiger partial charge in [0.1, 0.15) is 5.82 Å². The van der Waals surface area contributed by atoms with E-state index in [1.54, 1.807) is 17.4 Å². The minimum absolute atomic E-state index is 0.0166. The summed E-state index contributed by atoms with van der Waals surface area (Å²) in [6.45, 7) is 5.56. The number of carbonyl (C=O) groups is 1. The molecule has 6 heteroatoms. The average molecular weight is 347 g/mol. The van der Waals surface area contributed by atoms with Crippen molar-refractivity contribution in [3.05, 3.63) is 45.7 Å². The van der Waals surface area contributed by atoms with E-state index in [1.165, 1.54) is 6.07 Å². The van der Waals surface area contributed by atoms with Gasteiger partial charge in [0, 0.05) is 30.2 Å². The molecule has 1 fully saturated rings. The number of anilines is 1. The molecule has 1 aliphatic rings. The Morgan fingerprint density at radius 3 is 3.00 bits per heavy atom. The van der Waals surface area contributed by atoms with Crippen LogP contribution in [-0.4, -0.2) is 30.0 Å². The summed E-state index contributed by atoms with van der Waals surface area (Å²) in [7, 11) is 0. The molecule has 1 unspecified atom stereocenters. The van der Waals surface area contributed by atoms with Crippen LogP contribution in [0.5, 0.6) is 0 Å². The van der Waals surface area contributed by atoms with Gasteiger partial charge in [0.2, 0.25) is 5.91 Å². The van der Waals surface area contributed by atoms with Crippen molar-refractivity contribution in [2.75, 3.05) is 18.0 Å². The van der Waals surface area contributed by atoms with Gasteiger partial charge in [0.15, 0.2) is 0 Å². The van der Waals surface area contributed by atoms with Gasteiger partial charge in [-0.15, -0.1) is 11.3 Å². The lowest BCUT2D eigenvalue weighted by atomic mass is 10.0. The van der Waals surface area contributed by atoms with Crippen LogP contribution in [0.4, 0.5) is 10.1 Å². The lowest BCUT2D eigenvalue weighted by Crippen LogP contribution is -2.48. The Hall–Kier alpha value is -1.95. The van der Waals surface area contributed by atoms with Crippen LogP contribution in [0.25, 0.3) is 0 Å². The van der Waals surface area contributed by atoms with Crippen LogP contribution in [0.1, 0.15) is 29.1 Å². The van der Waals surface area contributed by atoms with Crippen molar-refractivity contribution < 1.29 is 9.18 Å². The molecule has 128 valence electrons. The molecule has 4 nitrogen and oxygen atoms in total. The molecule has 2 aromatic rings. The summed E-state index contributed by atoms with van der Waals surface area (Å²) in [5.74, 6) is -0.195. The first-order valence-corrected chi connectivity index (χ1v) is 9.10. The molecule has 1 saturated heterocycles. The highest BCUT2D eigenvalue weighted by Crippen LogP contribution is 2.24. The molecular weight excluding hydrogens is 325 g/mol. The van der Waals surface area contributed by atoms with E-state index in [9.17, 15) is 9.18 Å². The number of aryl methyl sites for hydroxylation is 2. The molecule has 0 spiro atoms. The highest BCUT2D eigenvalue weighted by atomic mass is 32.1. The van der Waals surface area contributed by atoms with Gasteiger partial charge in [0.05, 0.1) is 17.1 Å². The van der Waals surface area contributed by atoms with Crippen LogP contribution < -0.4 is 10.2 Å². The summed E-state index contributed by atoms with van der Waals surface area (Å²) in [6.07, 6.45) is 2.31. The van der Waals surface area contributed by atoms with E-state index in [-0.39, 0.29) is 17.8 Å². The first kappa shape index (κ1) is 16.9. The summed E-state index contributed by atoms with van der Waals surface area (Å²) in [6, 6.07) is 5.00. The van der Waals surface area contributed by atoms with Gasteiger partial charge in [-0.2, -0.15) is 0 Å². The van der Waals surface area contributed by atoms with E-state index < -0.39 is 0 Å². The largest absolute Gasteiger partial charge is 0.369 e. The van der Waals surface area contributed by atoms with E-state index in [0.29, 0.717) is 6.42 Å². The molecule has 0 saturated carbocycles. The molecule has 0 radical (unpaired) electrons. The second-order valence-corrected chi connectivity index (χ2v) is 7.38. The number of nitrogens with one attached hydrogen (secondary N) is 1. The zero-order valence-electron chi connectivity index (χ0n) is 14.0. The molecule has 2 heterocycles. The van der Waals surface area contributed by atoms with Crippen LogP contribution in [0.15, 0.2) is 23.6 Å². The zero-order chi connectivity index (χ0) is 17.1. The second kappa shape index (κ2) is 7.30. The summed E-state index contributed by atoms with van der Waals surface area (Å²) < 4.78 is 13.3. The maximum atomic E-state index is 13.3. The maximum absolute atomic E-state index is 13.3. The number of nitrogens with zero attached hydrogens (tertiary/aromatic N) is 2. The zero-order valence-corrected chi connectivity index (χ0v) is 14.8. The third kappa shape index (κ3) is 4.12. The molecule has 1 atom stereocenters. The van der Waals surface area contributed by atoms with Gasteiger partial charge in [-0.1, -0.05) is 0 Å². The third-order valence-corrected chi connectivity index (χ3v) is 5.12. The summed E-state index contributed by atoms with van der Waals surface area (Å²) in [5, 5.41) is 6.03. The van der Waals surface area contributed by atoms with Gasteiger partial charge in [-0.3, -0.25) is 4.79 Å². The number of halogens is 1. The van der Waals surface area contributed by atoms with Crippen LogP contribution in [0.3, 0.4) is 0 Å². The van der Waals surface area contributed by atoms with E-state index in [1.807, 2.05) is 25.3 Å². The van der Waals surface area contributed by atoms with Crippen molar-refractivity contribution in [2.45, 2.75) is 39.2 Å². The Morgan fingerprint density at radius 1 is 1.46 bits per heavy atom. The molecule has 3 rings (SSSR count). The lowest BCUT2D eigenvalue weighted by molar-refractivity contribution is -0.121. The van der Waals surface area contributed by atoms with Gasteiger partial charge in [0.25, 0.3) is 0 Å². The van der Waals surface area contributed by atoms with Crippen LogP contribution in [-0.2, 0) is 11.2 Å². The van der Waals surface area contributed by atoms with E-state index >= 15 is 0 Å². The third-order valence-electron chi connectivity index (χ3n) is 4.29. The Labute approximate surface area is 145 Å². The van der Waals surface area contributed by atoms with E-state index in [0.717, 1.165) is 47.9 Å². The molecule has 0 bridgehead atoms. The first-order chi connectivity index (χ1) is 11.5. The smallest absolute Gasteiger partial charge is 0.226 e. The summed E-state index contributed by atoms with van der Waals surface area (Å²) >= 11 is 1.56. The Kier molecular flexibility index (Phi) is 5.14. The van der Waals surface area contributed by atoms with Crippen LogP contribution in [0.2, 0.25) is 0 Å². The number of benzene rings is 1. The minimum atomic E-state index is -0.211. The second-order valence-electron chi connectivity index (χ2n) is 6.32. The van der Waals surface area contributed by atoms with Gasteiger partial charge in [-0.25, -0.2) is 9.37 Å². The number of amides is 1. The molecule has 1 aromatic carbocycles. The van der Waals surface area contributed by atoms with Crippen molar-refractivity contribution in [1.29, 1.82) is 0 Å². The standard InChI is InChI=1S/C18H22FN3OS/c1-12-8-14(19)5-6-17(12)22-7-3-4-15(10-22)21-18(23)9-16-11-24-13(2)20-16/h5-6,8,11,15H,3-4,7,9-10H2,1-2H3,(H,21,23). The fourth-order valence-corrected chi connectivity index (χ4v) is 3.83. The van der Waals surface area contributed by atoms with Crippen LogP contribution >= 0.6 is 11.3 Å². The Bertz CT molecular complexity index is 731. The predicted molar refractivity (Wildman–Crippen MR) is 95.1 cm³/mol. The number of rotatable bonds is 4. The minimum Gasteiger partial charge on any atom is -0.369 e. The van der Waals surface area contributed by atoms with E-state index in [2.05, 4.69) is 15.2 Å². The number of piperidine rings is 1. The van der Waals surface area contributed by atoms with E-state index in [4.69, 9.17) is 0 Å². The summed E-state index contributed by atoms with van der Waals surface area (Å²) in [5.41, 5.74) is 2.81. The summed E-state index contributed by atoms with van der Waals surface area (Å²) in [4.78, 5) is 18.8. The van der Waals surface area contributed by atoms with Gasteiger partial charge in [-0.05, 0) is 50.5 Å². The highest BCUT2D eigenvalue weighted by molar-refractivity contribution is 7.09. The predicted octanol–water partition coefficient (Wildman–Crippen LogP) is 3.23. The Balaban J connectivity index is 1.60. The number of carbonyl (C=O) groups excluding carboxylic acids is 1. The highest BCUT2D eigenvalue weighted by Gasteiger charge is 2.23. The average Bonchev–Trinajstić information content (AvgIpc) is 2.92. The normalized spacial score (nSPS) is 17.8. The fourth-order valence-electron chi connectivity index (χ4n) is 3.22. The van der Waals surface area contributed by atoms with Crippen molar-refractivity contribution in [3.8, 4) is 0 Å². The van der Waals surface area contributed by atoms with Crippen molar-refractivity contribution >= 4 is 22.9 Å². The lowest BCUT2D eigenvalue weighted by Gasteiger charge is -2.35. The monoisotopic (exact) mass is 347 g/mol. The van der Waals surface area contributed by atoms with Crippen LogP contribution in [0, 0.1) is 19.7 Å². The van der Waals surface area contributed by atoms with Gasteiger partial charge >= 0.3 is 0 Å². The first-order valence-electron chi connectivity index (χ1n) is 8.23. The maximum Gasteiger partial charge on any atom is 0.226 e. The Morgan fingerprint density at radius 2 is 2.29 bits per heavy atom. The van der Waals surface area contributed by atoms with Gasteiger partial charge < -0.3 is 10.2 Å². The number of hydrogen-bond donors (Lipinski definition) is 1. The molecule has 1 N–H and O–H groups in total. The SMILES string of the molecule is Cc1nc(CC(=O)NC2CCCN(c3ccc(F)cc3C)C2)cs1. The quantitative estimate of drug-likeness (QED) is 0.924.